The maximum absolute atomic E-state index is 13.4. The van der Waals surface area contributed by atoms with E-state index in [0.29, 0.717) is 11.1 Å². The number of carbonyl (C=O) groups excluding carboxylic acids is 12. The minimum absolute atomic E-state index is 0.0107. The SMILES string of the molecule is [B]Cc1c(C(=O)OC(CS(=O)(=O)[O-])C(F)(F)F)c(C[B])c(N(C)C(C)=O)c(C[B])c1N(C)C(C)=O.[B]Cc1c(NC(C)=O)c(C[B])c(C(=O)OC(CS(=O)(=O)[O-])C(F)(F)F)c(C[B])c1NC(C)=O.[B]Cc1c(NC(C)=O)c(C[B])c(N(C)C(C)=O)c(C[B])c1C(=O)OC(CS(=O)(=O)[O-])C(F)(F)F.[B]Cc1ccc(C(=O)OC(CS(=O)(=O)[O-])C(F)(F)F)c(OC(C)=O)c1.[B]Cc1ccc(C(=O)OC(CS(=O)(=O)[O-])C(F)(F)F)c(OC)c1. The first-order valence-corrected chi connectivity index (χ1v) is 49.1. The van der Waals surface area contributed by atoms with Crippen molar-refractivity contribution >= 4 is 242 Å². The summed E-state index contributed by atoms with van der Waals surface area (Å²) < 4.78 is 389. The molecule has 5 unspecified atom stereocenters. The van der Waals surface area contributed by atoms with Gasteiger partial charge in [0.2, 0.25) is 66.0 Å². The molecule has 5 atom stereocenters. The first-order valence-electron chi connectivity index (χ1n) is 41.2. The Balaban J connectivity index is 0.000000945. The second kappa shape index (κ2) is 56.9. The first-order chi connectivity index (χ1) is 68.3. The minimum atomic E-state index is -5.46. The fourth-order valence-electron chi connectivity index (χ4n) is 12.9. The summed E-state index contributed by atoms with van der Waals surface area (Å²) in [5.74, 6) is -23.5. The number of rotatable bonds is 39. The molecule has 0 saturated heterocycles. The lowest BCUT2D eigenvalue weighted by molar-refractivity contribution is -0.197. The summed E-state index contributed by atoms with van der Waals surface area (Å²) in [5.41, 5.74) is -3.43. The van der Waals surface area contributed by atoms with Crippen molar-refractivity contribution in [1.29, 1.82) is 0 Å². The summed E-state index contributed by atoms with van der Waals surface area (Å²) in [5, 5.41) is 7.11. The minimum Gasteiger partial charge on any atom is -0.748 e. The van der Waals surface area contributed by atoms with Crippen LogP contribution in [0.3, 0.4) is 0 Å². The van der Waals surface area contributed by atoms with Gasteiger partial charge in [-0.2, -0.15) is 65.9 Å². The summed E-state index contributed by atoms with van der Waals surface area (Å²) >= 11 is 0. The summed E-state index contributed by atoms with van der Waals surface area (Å²) in [6.45, 7) is 7.73. The number of hydrogen-bond acceptors (Lipinski definition) is 34. The standard InChI is InChI=1S/C19H22B3F3N2O7S.C18H20B3F3N2O7S.C17H18B3F3N2O7S.C13H12BF3O7S.C12H12BF3O6S/c1-9(28)26(3)16-11(5-20)15(12(6-21)17(13(16)7-22)27(4)10(2)29)18(30)34-14(19(23,24)25)8-35(31,32)33;1-8(27)25-15-10(4-19)14(11(5-20)16(12(15)6-21)26(3)9(2)28)17(29)33-13(18(22,23)24)7-34(30,31)32;1-7(26)24-14-9(3-18)13(10(4-19)15(11(14)5-20)25-8(2)27)16(28)32-12(17(21,22)23)6-33(29,30)31;1-7(18)23-10-4-8(5-14)2-3-9(10)12(19)24-11(13(15,16)17)6-25(20,21)22;1-21-9-4-7(5-13)2-3-8(9)11(17)22-10(12(14,15)16)6-23(18,19)20/h14H,5-8H2,1-4H3,(H,31,32,33);13H,4-7H2,1-3H3,(H,25,27)(H,30,31,32);12H,3-6H2,1-2H3,(H,24,26)(H,25,27)(H,29,30,31);2-4,11H,5-6H2,1H3,(H,20,21,22);2-4,10H,5-6H2,1H3,(H,18,19,20)/p-5. The third-order valence-corrected chi connectivity index (χ3v) is 23.0. The van der Waals surface area contributed by atoms with E-state index in [-0.39, 0.29) is 127 Å². The number of nitrogens with one attached hydrogen (secondary N) is 3. The monoisotopic (exact) mass is 2220 g/mol. The molecule has 0 aromatic heterocycles. The van der Waals surface area contributed by atoms with Crippen LogP contribution < -0.4 is 40.1 Å². The van der Waals surface area contributed by atoms with Gasteiger partial charge < -0.3 is 86.6 Å². The molecule has 0 aliphatic carbocycles. The van der Waals surface area contributed by atoms with Crippen LogP contribution in [0.15, 0.2) is 36.4 Å². The van der Waals surface area contributed by atoms with E-state index in [1.54, 1.807) is 0 Å². The van der Waals surface area contributed by atoms with Crippen LogP contribution >= 0.6 is 0 Å². The Morgan fingerprint density at radius 1 is 0.307 bits per heavy atom. The van der Waals surface area contributed by atoms with Crippen LogP contribution in [0.4, 0.5) is 100.0 Å². The molecule has 6 amide bonds. The van der Waals surface area contributed by atoms with Crippen molar-refractivity contribution in [3.8, 4) is 11.5 Å². The predicted molar refractivity (Wildman–Crippen MR) is 503 cm³/mol. The summed E-state index contributed by atoms with van der Waals surface area (Å²) in [6.07, 6.45) is -46.8. The van der Waals surface area contributed by atoms with Gasteiger partial charge in [-0.25, -0.2) is 66.1 Å². The van der Waals surface area contributed by atoms with Crippen molar-refractivity contribution in [3.05, 3.63) is 125 Å². The number of hydrogen-bond donors (Lipinski definition) is 3. The van der Waals surface area contributed by atoms with E-state index in [2.05, 4.69) is 39.6 Å². The van der Waals surface area contributed by atoms with Crippen LogP contribution in [-0.2, 0) is 177 Å². The van der Waals surface area contributed by atoms with Gasteiger partial charge in [-0.05, 0) is 74.3 Å². The van der Waals surface area contributed by atoms with Gasteiger partial charge in [0.1, 0.15) is 22.6 Å². The van der Waals surface area contributed by atoms with E-state index in [1.165, 1.54) is 46.5 Å². The van der Waals surface area contributed by atoms with Gasteiger partial charge >= 0.3 is 66.7 Å². The Labute approximate surface area is 863 Å². The van der Waals surface area contributed by atoms with Gasteiger partial charge in [-0.3, -0.25) is 33.6 Å². The van der Waals surface area contributed by atoms with Crippen LogP contribution in [0.5, 0.6) is 11.5 Å². The van der Waals surface area contributed by atoms with Crippen molar-refractivity contribution in [2.75, 3.05) is 87.7 Å². The lowest BCUT2D eigenvalue weighted by atomic mass is 9.78. The molecule has 71 heteroatoms. The maximum atomic E-state index is 13.4. The molecule has 0 aliphatic heterocycles. The van der Waals surface area contributed by atoms with Crippen LogP contribution in [0.25, 0.3) is 0 Å². The number of esters is 6. The highest BCUT2D eigenvalue weighted by molar-refractivity contribution is 7.86. The molecule has 0 saturated carbocycles. The summed E-state index contributed by atoms with van der Waals surface area (Å²) in [6, 6.07) is 7.24. The number of ether oxygens (including phenoxy) is 7. The zero-order chi connectivity index (χ0) is 117. The van der Waals surface area contributed by atoms with Gasteiger partial charge in [0, 0.05) is 86.7 Å². The van der Waals surface area contributed by atoms with Crippen LogP contribution in [0.1, 0.15) is 161 Å². The van der Waals surface area contributed by atoms with Gasteiger partial charge in [-0.15, -0.1) is 0 Å². The zero-order valence-electron chi connectivity index (χ0n) is 79.9. The van der Waals surface area contributed by atoms with Crippen LogP contribution in [-0.4, -0.2) is 341 Å². The third kappa shape index (κ3) is 41.7. The van der Waals surface area contributed by atoms with E-state index in [1.807, 2.05) is 0 Å². The lowest BCUT2D eigenvalue weighted by Crippen LogP contribution is -2.40. The number of amides is 6. The molecule has 5 aromatic rings. The molecule has 3 N–H and O–H groups in total. The van der Waals surface area contributed by atoms with Gasteiger partial charge in [-0.1, -0.05) is 92.8 Å². The molecule has 0 bridgehead atoms. The Morgan fingerprint density at radius 2 is 0.513 bits per heavy atom. The van der Waals surface area contributed by atoms with Crippen LogP contribution in [0.2, 0.25) is 0 Å². The number of anilines is 6. The Kier molecular flexibility index (Phi) is 51.9. The highest BCUT2D eigenvalue weighted by Crippen LogP contribution is 2.45. The fourth-order valence-corrected chi connectivity index (χ4v) is 16.1. The number of nitrogens with zero attached hydrogens (tertiary/aromatic N) is 3. The zero-order valence-corrected chi connectivity index (χ0v) is 84.0. The Morgan fingerprint density at radius 3 is 0.713 bits per heavy atom. The second-order valence-corrected chi connectivity index (χ2v) is 37.6. The Bertz CT molecular complexity index is 6330. The van der Waals surface area contributed by atoms with Gasteiger partial charge in [0.05, 0.1) is 207 Å². The molecule has 22 radical (unpaired) electrons. The average molecular weight is 2220 g/mol. The normalized spacial score (nSPS) is 12.9. The molecular formula is C79H79B11F15N6O34S5-5. The van der Waals surface area contributed by atoms with Crippen molar-refractivity contribution in [1.82, 2.24) is 0 Å². The molecule has 0 spiro atoms. The van der Waals surface area contributed by atoms with Crippen LogP contribution in [0, 0.1) is 0 Å². The smallest absolute Gasteiger partial charge is 0.426 e. The predicted octanol–water partition coefficient (Wildman–Crippen LogP) is 2.71. The van der Waals surface area contributed by atoms with E-state index in [9.17, 15) is 188 Å². The summed E-state index contributed by atoms with van der Waals surface area (Å²) in [4.78, 5) is 148. The molecule has 802 valence electrons. The molecule has 5 aromatic carbocycles. The maximum Gasteiger partial charge on any atom is 0.426 e. The largest absolute Gasteiger partial charge is 0.748 e. The van der Waals surface area contributed by atoms with Crippen molar-refractivity contribution < 1.29 is 221 Å². The molecule has 0 heterocycles. The Hall–Kier alpha value is -11.2. The third-order valence-electron chi connectivity index (χ3n) is 19.4. The highest BCUT2D eigenvalue weighted by atomic mass is 32.2. The van der Waals surface area contributed by atoms with E-state index < -0.39 is 278 Å². The molecule has 150 heavy (non-hydrogen) atoms. The molecule has 5 rings (SSSR count). The highest BCUT2D eigenvalue weighted by Gasteiger charge is 2.51. The number of methoxy groups -OCH3 is 1. The van der Waals surface area contributed by atoms with E-state index in [0.717, 1.165) is 81.4 Å². The lowest BCUT2D eigenvalue weighted by Gasteiger charge is -2.32. The van der Waals surface area contributed by atoms with Crippen molar-refractivity contribution in [3.63, 3.8) is 0 Å². The van der Waals surface area contributed by atoms with E-state index >= 15 is 0 Å². The van der Waals surface area contributed by atoms with Crippen molar-refractivity contribution in [2.24, 2.45) is 0 Å². The number of alkyl halides is 15. The number of halogens is 15. The molecular weight excluding hydrogens is 2140 g/mol. The number of benzene rings is 5. The average Bonchev–Trinajstić information content (AvgIpc) is 0.727. The second-order valence-electron chi connectivity index (χ2n) is 30.4. The fraction of sp³-hybridized carbons (Fsp3) is 0.468. The molecule has 0 aliphatic rings. The molecule has 0 fully saturated rings. The van der Waals surface area contributed by atoms with Gasteiger partial charge in [0.15, 0.2) is 0 Å². The summed E-state index contributed by atoms with van der Waals surface area (Å²) in [7, 11) is 40.7. The van der Waals surface area contributed by atoms with E-state index in [4.69, 9.17) is 95.8 Å². The van der Waals surface area contributed by atoms with Gasteiger partial charge in [0.25, 0.3) is 0 Å². The first kappa shape index (κ1) is 137. The molecule has 40 nitrogen and oxygen atoms in total. The number of carbonyl (C=O) groups is 12. The van der Waals surface area contributed by atoms with Crippen molar-refractivity contribution in [2.45, 2.75) is 179 Å². The topological polar surface area (TPSA) is 601 Å². The quantitative estimate of drug-likeness (QED) is 0.0127.